The first-order chi connectivity index (χ1) is 14.8. The van der Waals surface area contributed by atoms with Gasteiger partial charge in [0.1, 0.15) is 0 Å². The van der Waals surface area contributed by atoms with Gasteiger partial charge in [-0.15, -0.1) is 0 Å². The largest absolute Gasteiger partial charge is 0.478 e. The van der Waals surface area contributed by atoms with E-state index in [9.17, 15) is 14.4 Å². The molecule has 0 fully saturated rings. The van der Waals surface area contributed by atoms with Crippen LogP contribution in [-0.4, -0.2) is 33.5 Å². The number of rotatable bonds is 5. The topological polar surface area (TPSA) is 103 Å². The van der Waals surface area contributed by atoms with Crippen molar-refractivity contribution in [1.82, 2.24) is 4.98 Å². The number of nitrogens with zero attached hydrogens (tertiary/aromatic N) is 2. The Labute approximate surface area is 182 Å². The number of aromatic carboxylic acids is 1. The fourth-order valence-electron chi connectivity index (χ4n) is 3.18. The SMILES string of the molecule is CC1=NN(c2ccc(C(=O)O)cc2)C(=O)/C1=C\c1cc(C(=O)c2cccc(Cl)c2)c[nH]1. The number of hydrogen-bond donors (Lipinski definition) is 2. The third kappa shape index (κ3) is 4.04. The zero-order valence-corrected chi connectivity index (χ0v) is 17.1. The molecule has 0 saturated heterocycles. The number of amides is 1. The summed E-state index contributed by atoms with van der Waals surface area (Å²) in [5.74, 6) is -1.58. The fourth-order valence-corrected chi connectivity index (χ4v) is 3.37. The van der Waals surface area contributed by atoms with Crippen LogP contribution in [0.15, 0.2) is 71.5 Å². The Morgan fingerprint density at radius 1 is 1.06 bits per heavy atom. The van der Waals surface area contributed by atoms with Crippen molar-refractivity contribution in [1.29, 1.82) is 0 Å². The number of aromatic amines is 1. The van der Waals surface area contributed by atoms with Crippen LogP contribution in [0.3, 0.4) is 0 Å². The van der Waals surface area contributed by atoms with Crippen molar-refractivity contribution in [3.05, 3.63) is 93.8 Å². The lowest BCUT2D eigenvalue weighted by Crippen LogP contribution is -2.21. The summed E-state index contributed by atoms with van der Waals surface area (Å²) in [5.41, 5.74) is 2.93. The lowest BCUT2D eigenvalue weighted by atomic mass is 10.1. The van der Waals surface area contributed by atoms with Crippen molar-refractivity contribution >= 4 is 46.7 Å². The van der Waals surface area contributed by atoms with Crippen molar-refractivity contribution in [2.75, 3.05) is 5.01 Å². The lowest BCUT2D eigenvalue weighted by molar-refractivity contribution is -0.114. The van der Waals surface area contributed by atoms with Crippen LogP contribution in [0.2, 0.25) is 5.02 Å². The number of carbonyl (C=O) groups excluding carboxylic acids is 2. The highest BCUT2D eigenvalue weighted by Gasteiger charge is 2.29. The van der Waals surface area contributed by atoms with Crippen LogP contribution in [0.25, 0.3) is 6.08 Å². The molecule has 0 aliphatic carbocycles. The Hall–Kier alpha value is -3.97. The molecular formula is C23H16ClN3O4. The van der Waals surface area contributed by atoms with Gasteiger partial charge in [0.15, 0.2) is 5.78 Å². The Morgan fingerprint density at radius 2 is 1.81 bits per heavy atom. The number of carboxylic acid groups (broad SMARTS) is 1. The zero-order chi connectivity index (χ0) is 22.1. The first kappa shape index (κ1) is 20.3. The Kier molecular flexibility index (Phi) is 5.27. The number of carbonyl (C=O) groups is 3. The van der Waals surface area contributed by atoms with Crippen LogP contribution >= 0.6 is 11.6 Å². The molecule has 31 heavy (non-hydrogen) atoms. The number of benzene rings is 2. The summed E-state index contributed by atoms with van der Waals surface area (Å²) in [4.78, 5) is 39.5. The molecule has 0 unspecified atom stereocenters. The van der Waals surface area contributed by atoms with Gasteiger partial charge in [0.2, 0.25) is 0 Å². The molecule has 0 bridgehead atoms. The quantitative estimate of drug-likeness (QED) is 0.459. The highest BCUT2D eigenvalue weighted by molar-refractivity contribution is 6.32. The summed E-state index contributed by atoms with van der Waals surface area (Å²) < 4.78 is 0. The summed E-state index contributed by atoms with van der Waals surface area (Å²) >= 11 is 5.96. The van der Waals surface area contributed by atoms with Crippen molar-refractivity contribution in [3.63, 3.8) is 0 Å². The van der Waals surface area contributed by atoms with Gasteiger partial charge in [0.25, 0.3) is 5.91 Å². The van der Waals surface area contributed by atoms with Crippen LogP contribution in [0.5, 0.6) is 0 Å². The van der Waals surface area contributed by atoms with E-state index in [0.29, 0.717) is 38.8 Å². The van der Waals surface area contributed by atoms with E-state index < -0.39 is 5.97 Å². The van der Waals surface area contributed by atoms with Gasteiger partial charge in [-0.05, 0) is 55.5 Å². The second kappa shape index (κ2) is 8.04. The van der Waals surface area contributed by atoms with Crippen LogP contribution in [0.4, 0.5) is 5.69 Å². The molecular weight excluding hydrogens is 418 g/mol. The number of carboxylic acids is 1. The summed E-state index contributed by atoms with van der Waals surface area (Å²) in [6.07, 6.45) is 3.20. The molecule has 1 amide bonds. The summed E-state index contributed by atoms with van der Waals surface area (Å²) in [6, 6.07) is 14.2. The number of hydrazone groups is 1. The van der Waals surface area contributed by atoms with E-state index in [2.05, 4.69) is 10.1 Å². The predicted molar refractivity (Wildman–Crippen MR) is 118 cm³/mol. The van der Waals surface area contributed by atoms with E-state index in [0.717, 1.165) is 0 Å². The Balaban J connectivity index is 1.57. The number of anilines is 1. The summed E-state index contributed by atoms with van der Waals surface area (Å²) in [5, 5.41) is 15.0. The number of H-pyrrole nitrogens is 1. The molecule has 3 aromatic rings. The van der Waals surface area contributed by atoms with Crippen molar-refractivity contribution in [2.24, 2.45) is 5.10 Å². The second-order valence-corrected chi connectivity index (χ2v) is 7.33. The molecule has 2 N–H and O–H groups in total. The monoisotopic (exact) mass is 433 g/mol. The van der Waals surface area contributed by atoms with Crippen molar-refractivity contribution in [3.8, 4) is 0 Å². The molecule has 4 rings (SSSR count). The Bertz CT molecular complexity index is 1270. The van der Waals surface area contributed by atoms with Crippen LogP contribution in [-0.2, 0) is 4.79 Å². The molecule has 0 atom stereocenters. The highest BCUT2D eigenvalue weighted by atomic mass is 35.5. The molecule has 2 heterocycles. The van der Waals surface area contributed by atoms with Gasteiger partial charge in [-0.3, -0.25) is 9.59 Å². The molecule has 2 aromatic carbocycles. The maximum atomic E-state index is 12.9. The normalized spacial score (nSPS) is 14.8. The summed E-state index contributed by atoms with van der Waals surface area (Å²) in [7, 11) is 0. The molecule has 0 spiro atoms. The number of aromatic nitrogens is 1. The molecule has 7 nitrogen and oxygen atoms in total. The Morgan fingerprint density at radius 3 is 2.48 bits per heavy atom. The minimum Gasteiger partial charge on any atom is -0.478 e. The van der Waals surface area contributed by atoms with Gasteiger partial charge in [0, 0.05) is 28.0 Å². The van der Waals surface area contributed by atoms with E-state index in [1.54, 1.807) is 49.5 Å². The molecule has 8 heteroatoms. The van der Waals surface area contributed by atoms with E-state index in [4.69, 9.17) is 16.7 Å². The fraction of sp³-hybridized carbons (Fsp3) is 0.0435. The molecule has 154 valence electrons. The minimum atomic E-state index is -1.05. The average molecular weight is 434 g/mol. The number of nitrogens with one attached hydrogen (secondary N) is 1. The van der Waals surface area contributed by atoms with Gasteiger partial charge in [-0.2, -0.15) is 10.1 Å². The zero-order valence-electron chi connectivity index (χ0n) is 16.3. The van der Waals surface area contributed by atoms with E-state index in [-0.39, 0.29) is 17.3 Å². The predicted octanol–water partition coefficient (Wildman–Crippen LogP) is 4.40. The number of halogens is 1. The molecule has 1 aliphatic heterocycles. The van der Waals surface area contributed by atoms with Crippen LogP contribution in [0.1, 0.15) is 38.9 Å². The minimum absolute atomic E-state index is 0.121. The summed E-state index contributed by atoms with van der Waals surface area (Å²) in [6.45, 7) is 1.70. The van der Waals surface area contributed by atoms with Gasteiger partial charge in [0.05, 0.1) is 22.5 Å². The first-order valence-electron chi connectivity index (χ1n) is 9.27. The van der Waals surface area contributed by atoms with Crippen molar-refractivity contribution in [2.45, 2.75) is 6.92 Å². The highest BCUT2D eigenvalue weighted by Crippen LogP contribution is 2.25. The second-order valence-electron chi connectivity index (χ2n) is 6.90. The average Bonchev–Trinajstić information content (AvgIpc) is 3.33. The van der Waals surface area contributed by atoms with E-state index in [1.807, 2.05) is 0 Å². The molecule has 1 aromatic heterocycles. The van der Waals surface area contributed by atoms with Gasteiger partial charge < -0.3 is 10.1 Å². The standard InChI is InChI=1S/C23H16ClN3O4/c1-13-20(22(29)27(26-13)19-7-5-14(6-8-19)23(30)31)11-18-10-16(12-25-18)21(28)15-3-2-4-17(24)9-15/h2-12,25H,1H3,(H,30,31)/b20-11-. The first-order valence-corrected chi connectivity index (χ1v) is 9.65. The van der Waals surface area contributed by atoms with E-state index in [1.165, 1.54) is 29.3 Å². The maximum absolute atomic E-state index is 12.9. The van der Waals surface area contributed by atoms with Crippen LogP contribution in [0, 0.1) is 0 Å². The van der Waals surface area contributed by atoms with Gasteiger partial charge >= 0.3 is 5.97 Å². The lowest BCUT2D eigenvalue weighted by Gasteiger charge is -2.11. The molecule has 1 aliphatic rings. The molecule has 0 saturated carbocycles. The number of ketones is 1. The molecule has 0 radical (unpaired) electrons. The number of hydrogen-bond acceptors (Lipinski definition) is 4. The smallest absolute Gasteiger partial charge is 0.335 e. The third-order valence-electron chi connectivity index (χ3n) is 4.78. The van der Waals surface area contributed by atoms with Gasteiger partial charge in [-0.25, -0.2) is 4.79 Å². The van der Waals surface area contributed by atoms with Gasteiger partial charge in [-0.1, -0.05) is 23.7 Å². The van der Waals surface area contributed by atoms with Crippen LogP contribution < -0.4 is 5.01 Å². The van der Waals surface area contributed by atoms with Crippen molar-refractivity contribution < 1.29 is 19.5 Å². The third-order valence-corrected chi connectivity index (χ3v) is 5.01. The maximum Gasteiger partial charge on any atom is 0.335 e. The van der Waals surface area contributed by atoms with E-state index >= 15 is 0 Å².